The molecule has 3 aromatic carbocycles. The van der Waals surface area contributed by atoms with Gasteiger partial charge in [0.2, 0.25) is 5.43 Å². The second kappa shape index (κ2) is 11.7. The number of carbonyl (C=O) groups excluding carboxylic acids is 2. The maximum Gasteiger partial charge on any atom is 0.276 e. The number of hydrogen-bond acceptors (Lipinski definition) is 6. The van der Waals surface area contributed by atoms with Crippen molar-refractivity contribution in [3.63, 3.8) is 0 Å². The summed E-state index contributed by atoms with van der Waals surface area (Å²) in [5.41, 5.74) is 0.342. The first-order chi connectivity index (χ1) is 20.8. The van der Waals surface area contributed by atoms with Gasteiger partial charge >= 0.3 is 0 Å². The summed E-state index contributed by atoms with van der Waals surface area (Å²) in [5.74, 6) is -3.04. The Bertz CT molecular complexity index is 1740. The first kappa shape index (κ1) is 28.1. The molecule has 6 rings (SSSR count). The van der Waals surface area contributed by atoms with Crippen molar-refractivity contribution >= 4 is 11.8 Å². The second-order valence-corrected chi connectivity index (χ2v) is 10.4. The summed E-state index contributed by atoms with van der Waals surface area (Å²) in [5, 5.41) is 9.71. The number of amides is 2. The van der Waals surface area contributed by atoms with Crippen LogP contribution in [0.3, 0.4) is 0 Å². The molecule has 1 aromatic heterocycles. The summed E-state index contributed by atoms with van der Waals surface area (Å²) >= 11 is 0. The van der Waals surface area contributed by atoms with Crippen molar-refractivity contribution in [2.45, 2.75) is 32.5 Å². The van der Waals surface area contributed by atoms with Crippen LogP contribution in [-0.4, -0.2) is 50.7 Å². The third kappa shape index (κ3) is 5.71. The molecule has 1 fully saturated rings. The standard InChI is InChI=1S/C32H27F2N3O6/c33-23-9-8-22(26(34)14-23)16-36(15-20-6-10-24(38)11-7-20)31(40)25-17-35-18-27-37(12-13-42-27)32(41)28(35)30(29(25)39)43-19-21-4-2-1-3-5-21/h1-11,14,17,27,38H,12-13,15-16,18-19H2/t27-/m1/s1. The summed E-state index contributed by atoms with van der Waals surface area (Å²) in [6.07, 6.45) is 0.755. The molecule has 0 radical (unpaired) electrons. The summed E-state index contributed by atoms with van der Waals surface area (Å²) < 4.78 is 41.5. The normalized spacial score (nSPS) is 15.6. The number of phenols is 1. The molecular formula is C32H27F2N3O6. The first-order valence-corrected chi connectivity index (χ1v) is 13.7. The van der Waals surface area contributed by atoms with E-state index in [4.69, 9.17) is 9.47 Å². The molecule has 11 heteroatoms. The number of aromatic hydroxyl groups is 1. The van der Waals surface area contributed by atoms with Gasteiger partial charge in [-0.2, -0.15) is 0 Å². The Hall–Kier alpha value is -5.03. The van der Waals surface area contributed by atoms with Crippen LogP contribution in [0.25, 0.3) is 0 Å². The van der Waals surface area contributed by atoms with Crippen LogP contribution in [0.2, 0.25) is 0 Å². The van der Waals surface area contributed by atoms with Crippen LogP contribution in [-0.2, 0) is 31.0 Å². The highest BCUT2D eigenvalue weighted by molar-refractivity contribution is 5.99. The molecule has 3 heterocycles. The molecule has 0 bridgehead atoms. The van der Waals surface area contributed by atoms with Gasteiger partial charge in [0.1, 0.15) is 29.6 Å². The summed E-state index contributed by atoms with van der Waals surface area (Å²) in [6, 6.07) is 18.2. The molecule has 2 aliphatic heterocycles. The van der Waals surface area contributed by atoms with Gasteiger partial charge in [0.05, 0.1) is 13.2 Å². The number of carbonyl (C=O) groups is 2. The van der Waals surface area contributed by atoms with Crippen molar-refractivity contribution in [3.05, 3.63) is 129 Å². The SMILES string of the molecule is O=C(c1cn2c(c(OCc3ccccc3)c1=O)C(=O)N1CCO[C@@H]1C2)N(Cc1ccc(O)cc1)Cc1ccc(F)cc1F. The van der Waals surface area contributed by atoms with Crippen molar-refractivity contribution in [2.24, 2.45) is 0 Å². The Morgan fingerprint density at radius 3 is 2.51 bits per heavy atom. The van der Waals surface area contributed by atoms with Crippen molar-refractivity contribution < 1.29 is 33.0 Å². The fourth-order valence-corrected chi connectivity index (χ4v) is 5.28. The van der Waals surface area contributed by atoms with Crippen LogP contribution in [0.4, 0.5) is 8.78 Å². The number of pyridine rings is 1. The van der Waals surface area contributed by atoms with Crippen LogP contribution in [0.15, 0.2) is 83.8 Å². The van der Waals surface area contributed by atoms with Crippen molar-refractivity contribution in [3.8, 4) is 11.5 Å². The topological polar surface area (TPSA) is 101 Å². The molecule has 9 nitrogen and oxygen atoms in total. The molecule has 2 aliphatic rings. The van der Waals surface area contributed by atoms with Crippen molar-refractivity contribution in [1.82, 2.24) is 14.4 Å². The number of fused-ring (bicyclic) bond motifs is 2. The van der Waals surface area contributed by atoms with Gasteiger partial charge in [0.15, 0.2) is 17.7 Å². The molecule has 0 aliphatic carbocycles. The van der Waals surface area contributed by atoms with E-state index in [1.165, 1.54) is 38.8 Å². The van der Waals surface area contributed by atoms with E-state index in [9.17, 15) is 28.3 Å². The van der Waals surface area contributed by atoms with Crippen molar-refractivity contribution in [2.75, 3.05) is 13.2 Å². The van der Waals surface area contributed by atoms with E-state index < -0.39 is 35.1 Å². The third-order valence-electron chi connectivity index (χ3n) is 7.47. The Labute approximate surface area is 245 Å². The lowest BCUT2D eigenvalue weighted by atomic mass is 10.1. The zero-order chi connectivity index (χ0) is 30.1. The molecule has 0 unspecified atom stereocenters. The van der Waals surface area contributed by atoms with Gasteiger partial charge in [-0.05, 0) is 29.3 Å². The zero-order valence-corrected chi connectivity index (χ0v) is 22.9. The van der Waals surface area contributed by atoms with E-state index in [-0.39, 0.29) is 54.6 Å². The number of hydrogen-bond donors (Lipinski definition) is 1. The van der Waals surface area contributed by atoms with E-state index in [0.717, 1.165) is 17.7 Å². The van der Waals surface area contributed by atoms with E-state index >= 15 is 0 Å². The Balaban J connectivity index is 1.42. The average Bonchev–Trinajstić information content (AvgIpc) is 3.48. The Morgan fingerprint density at radius 2 is 1.77 bits per heavy atom. The van der Waals surface area contributed by atoms with Crippen LogP contribution >= 0.6 is 0 Å². The van der Waals surface area contributed by atoms with E-state index in [0.29, 0.717) is 18.7 Å². The van der Waals surface area contributed by atoms with Gasteiger partial charge in [-0.1, -0.05) is 48.5 Å². The summed E-state index contributed by atoms with van der Waals surface area (Å²) in [7, 11) is 0. The van der Waals surface area contributed by atoms with E-state index in [1.54, 1.807) is 12.1 Å². The number of halogens is 2. The molecule has 43 heavy (non-hydrogen) atoms. The molecule has 0 saturated carbocycles. The van der Waals surface area contributed by atoms with Gasteiger partial charge < -0.3 is 28.9 Å². The first-order valence-electron chi connectivity index (χ1n) is 13.7. The number of benzene rings is 3. The molecule has 4 aromatic rings. The Morgan fingerprint density at radius 1 is 1.00 bits per heavy atom. The minimum absolute atomic E-state index is 0.0205. The fourth-order valence-electron chi connectivity index (χ4n) is 5.28. The highest BCUT2D eigenvalue weighted by Crippen LogP contribution is 2.29. The predicted octanol–water partition coefficient (Wildman–Crippen LogP) is 4.07. The molecule has 2 amide bonds. The van der Waals surface area contributed by atoms with Crippen LogP contribution in [0, 0.1) is 11.6 Å². The lowest BCUT2D eigenvalue weighted by molar-refractivity contribution is 0.00818. The maximum absolute atomic E-state index is 14.7. The van der Waals surface area contributed by atoms with Gasteiger partial charge in [0, 0.05) is 37.5 Å². The number of rotatable bonds is 8. The Kier molecular flexibility index (Phi) is 7.64. The summed E-state index contributed by atoms with van der Waals surface area (Å²) in [6.45, 7) is 0.506. The highest BCUT2D eigenvalue weighted by Gasteiger charge is 2.40. The summed E-state index contributed by atoms with van der Waals surface area (Å²) in [4.78, 5) is 44.4. The quantitative estimate of drug-likeness (QED) is 0.334. The molecule has 1 atom stereocenters. The molecule has 1 saturated heterocycles. The molecule has 1 N–H and O–H groups in total. The number of phenolic OH excluding ortho intramolecular Hbond substituents is 1. The smallest absolute Gasteiger partial charge is 0.276 e. The van der Waals surface area contributed by atoms with Gasteiger partial charge in [-0.15, -0.1) is 0 Å². The minimum Gasteiger partial charge on any atom is -0.508 e. The number of ether oxygens (including phenoxy) is 2. The maximum atomic E-state index is 14.7. The lowest BCUT2D eigenvalue weighted by Gasteiger charge is -2.32. The average molecular weight is 588 g/mol. The number of nitrogens with zero attached hydrogens (tertiary/aromatic N) is 3. The minimum atomic E-state index is -0.846. The lowest BCUT2D eigenvalue weighted by Crippen LogP contribution is -2.47. The fraction of sp³-hybridized carbons (Fsp3) is 0.219. The van der Waals surface area contributed by atoms with Gasteiger partial charge in [-0.25, -0.2) is 8.78 Å². The molecule has 0 spiro atoms. The molecule has 220 valence electrons. The van der Waals surface area contributed by atoms with Crippen LogP contribution in [0.1, 0.15) is 37.5 Å². The predicted molar refractivity (Wildman–Crippen MR) is 150 cm³/mol. The third-order valence-corrected chi connectivity index (χ3v) is 7.47. The zero-order valence-electron chi connectivity index (χ0n) is 22.9. The monoisotopic (exact) mass is 587 g/mol. The van der Waals surface area contributed by atoms with Crippen LogP contribution < -0.4 is 10.2 Å². The van der Waals surface area contributed by atoms with Crippen molar-refractivity contribution in [1.29, 1.82) is 0 Å². The van der Waals surface area contributed by atoms with Gasteiger partial charge in [0.25, 0.3) is 11.8 Å². The van der Waals surface area contributed by atoms with E-state index in [1.807, 2.05) is 30.3 Å². The highest BCUT2D eigenvalue weighted by atomic mass is 19.1. The van der Waals surface area contributed by atoms with Gasteiger partial charge in [-0.3, -0.25) is 14.4 Å². The van der Waals surface area contributed by atoms with E-state index in [2.05, 4.69) is 0 Å². The molecular weight excluding hydrogens is 560 g/mol. The second-order valence-electron chi connectivity index (χ2n) is 10.4. The van der Waals surface area contributed by atoms with Crippen LogP contribution in [0.5, 0.6) is 11.5 Å². The largest absolute Gasteiger partial charge is 0.508 e. The number of aromatic nitrogens is 1.